The number of sulfonamides is 1. The topological polar surface area (TPSA) is 86.8 Å². The molecule has 2 amide bonds. The molecule has 1 atom stereocenters. The van der Waals surface area contributed by atoms with Crippen LogP contribution in [0.25, 0.3) is 0 Å². The fourth-order valence-electron chi connectivity index (χ4n) is 3.31. The molecule has 0 heterocycles. The third-order valence-electron chi connectivity index (χ3n) is 4.91. The zero-order valence-corrected chi connectivity index (χ0v) is 19.4. The molecule has 0 fully saturated rings. The number of rotatable bonds is 11. The lowest BCUT2D eigenvalue weighted by Gasteiger charge is -2.32. The van der Waals surface area contributed by atoms with Gasteiger partial charge in [-0.3, -0.25) is 13.9 Å². The van der Waals surface area contributed by atoms with Crippen LogP contribution < -0.4 is 9.62 Å². The van der Waals surface area contributed by atoms with E-state index in [1.807, 2.05) is 37.3 Å². The molecular weight excluding hydrogens is 433 g/mol. The Bertz CT molecular complexity index is 1010. The molecule has 0 spiro atoms. The highest BCUT2D eigenvalue weighted by atomic mass is 32.2. The Balaban J connectivity index is 2.39. The van der Waals surface area contributed by atoms with Crippen molar-refractivity contribution in [1.82, 2.24) is 10.2 Å². The van der Waals surface area contributed by atoms with E-state index >= 15 is 0 Å². The van der Waals surface area contributed by atoms with Gasteiger partial charge >= 0.3 is 0 Å². The summed E-state index contributed by atoms with van der Waals surface area (Å²) in [5.41, 5.74) is 0.850. The summed E-state index contributed by atoms with van der Waals surface area (Å²) in [6, 6.07) is 13.4. The molecule has 2 rings (SSSR count). The van der Waals surface area contributed by atoms with Gasteiger partial charge in [0.2, 0.25) is 21.8 Å². The molecule has 7 nitrogen and oxygen atoms in total. The zero-order valence-electron chi connectivity index (χ0n) is 18.6. The van der Waals surface area contributed by atoms with E-state index in [0.29, 0.717) is 13.0 Å². The maximum atomic E-state index is 13.7. The number of nitrogens with zero attached hydrogens (tertiary/aromatic N) is 2. The summed E-state index contributed by atoms with van der Waals surface area (Å²) in [6.07, 6.45) is 2.06. The van der Waals surface area contributed by atoms with Crippen LogP contribution in [0.2, 0.25) is 0 Å². The largest absolute Gasteiger partial charge is 0.354 e. The first-order chi connectivity index (χ1) is 15.2. The van der Waals surface area contributed by atoms with E-state index < -0.39 is 34.3 Å². The molecular formula is C23H30FN3O4S. The Kier molecular flexibility index (Phi) is 9.19. The molecule has 0 aliphatic rings. The number of amides is 2. The lowest BCUT2D eigenvalue weighted by molar-refractivity contribution is -0.140. The van der Waals surface area contributed by atoms with E-state index in [-0.39, 0.29) is 18.1 Å². The molecule has 9 heteroatoms. The van der Waals surface area contributed by atoms with Crippen LogP contribution in [-0.2, 0) is 26.2 Å². The molecule has 2 aromatic carbocycles. The maximum Gasteiger partial charge on any atom is 0.244 e. The number of carbonyl (C=O) groups excluding carboxylic acids is 2. The van der Waals surface area contributed by atoms with Crippen LogP contribution in [0.3, 0.4) is 0 Å². The standard InChI is InChI=1S/C23H30FN3O4S/c1-4-14-25-23(29)21(5-2)26(16-18-10-7-6-8-11-18)22(28)17-27(32(3,30)31)20-13-9-12-19(24)15-20/h6-13,15,21H,4-5,14,16-17H2,1-3H3,(H,25,29). The van der Waals surface area contributed by atoms with Crippen LogP contribution in [0.15, 0.2) is 54.6 Å². The normalized spacial score (nSPS) is 12.1. The van der Waals surface area contributed by atoms with Crippen LogP contribution in [0.5, 0.6) is 0 Å². The molecule has 0 saturated carbocycles. The molecule has 0 aliphatic heterocycles. The van der Waals surface area contributed by atoms with E-state index in [1.165, 1.54) is 23.1 Å². The highest BCUT2D eigenvalue weighted by Gasteiger charge is 2.31. The van der Waals surface area contributed by atoms with Crippen molar-refractivity contribution in [3.05, 3.63) is 66.0 Å². The van der Waals surface area contributed by atoms with E-state index in [4.69, 9.17) is 0 Å². The van der Waals surface area contributed by atoms with Gasteiger partial charge in [-0.25, -0.2) is 12.8 Å². The van der Waals surface area contributed by atoms with Gasteiger partial charge in [0.15, 0.2) is 0 Å². The SMILES string of the molecule is CCCNC(=O)C(CC)N(Cc1ccccc1)C(=O)CN(c1cccc(F)c1)S(C)(=O)=O. The second-order valence-corrected chi connectivity index (χ2v) is 9.38. The van der Waals surface area contributed by atoms with Gasteiger partial charge in [0.1, 0.15) is 18.4 Å². The van der Waals surface area contributed by atoms with Crippen LogP contribution in [0.4, 0.5) is 10.1 Å². The third-order valence-corrected chi connectivity index (χ3v) is 6.05. The minimum absolute atomic E-state index is 0.0454. The van der Waals surface area contributed by atoms with Crippen molar-refractivity contribution < 1.29 is 22.4 Å². The van der Waals surface area contributed by atoms with E-state index in [9.17, 15) is 22.4 Å². The van der Waals surface area contributed by atoms with Gasteiger partial charge < -0.3 is 10.2 Å². The van der Waals surface area contributed by atoms with Crippen LogP contribution in [0, 0.1) is 5.82 Å². The molecule has 0 radical (unpaired) electrons. The number of nitrogens with one attached hydrogen (secondary N) is 1. The van der Waals surface area contributed by atoms with Gasteiger partial charge in [-0.15, -0.1) is 0 Å². The Morgan fingerprint density at radius 3 is 2.31 bits per heavy atom. The van der Waals surface area contributed by atoms with Gasteiger partial charge in [-0.1, -0.05) is 50.2 Å². The number of carbonyl (C=O) groups is 2. The highest BCUT2D eigenvalue weighted by molar-refractivity contribution is 7.92. The lowest BCUT2D eigenvalue weighted by Crippen LogP contribution is -2.52. The Morgan fingerprint density at radius 2 is 1.75 bits per heavy atom. The predicted molar refractivity (Wildman–Crippen MR) is 123 cm³/mol. The molecule has 0 aliphatic carbocycles. The fourth-order valence-corrected chi connectivity index (χ4v) is 4.15. The van der Waals surface area contributed by atoms with E-state index in [1.54, 1.807) is 6.92 Å². The molecule has 1 unspecified atom stereocenters. The van der Waals surface area contributed by atoms with Crippen molar-refractivity contribution in [1.29, 1.82) is 0 Å². The highest BCUT2D eigenvalue weighted by Crippen LogP contribution is 2.20. The molecule has 0 aromatic heterocycles. The number of anilines is 1. The second-order valence-electron chi connectivity index (χ2n) is 7.47. The zero-order chi connectivity index (χ0) is 23.7. The van der Waals surface area contributed by atoms with E-state index in [2.05, 4.69) is 5.32 Å². The third kappa shape index (κ3) is 7.05. The summed E-state index contributed by atoms with van der Waals surface area (Å²) in [7, 11) is -3.88. The quantitative estimate of drug-likeness (QED) is 0.555. The Morgan fingerprint density at radius 1 is 1.06 bits per heavy atom. The van der Waals surface area contributed by atoms with Gasteiger partial charge in [-0.2, -0.15) is 0 Å². The second kappa shape index (κ2) is 11.6. The summed E-state index contributed by atoms with van der Waals surface area (Å²) in [5, 5.41) is 2.81. The first-order valence-corrected chi connectivity index (χ1v) is 12.4. The number of halogens is 1. The van der Waals surface area contributed by atoms with Crippen molar-refractivity contribution >= 4 is 27.5 Å². The van der Waals surface area contributed by atoms with Crippen molar-refractivity contribution in [2.75, 3.05) is 23.7 Å². The first kappa shape index (κ1) is 25.3. The van der Waals surface area contributed by atoms with Crippen molar-refractivity contribution in [2.24, 2.45) is 0 Å². The predicted octanol–water partition coefficient (Wildman–Crippen LogP) is 2.93. The molecule has 0 bridgehead atoms. The fraction of sp³-hybridized carbons (Fsp3) is 0.391. The van der Waals surface area contributed by atoms with Gasteiger partial charge in [0.05, 0.1) is 11.9 Å². The van der Waals surface area contributed by atoms with Crippen LogP contribution in [0.1, 0.15) is 32.3 Å². The number of benzene rings is 2. The number of hydrogen-bond donors (Lipinski definition) is 1. The van der Waals surface area contributed by atoms with Gasteiger partial charge in [0.25, 0.3) is 0 Å². The summed E-state index contributed by atoms with van der Waals surface area (Å²) < 4.78 is 39.4. The summed E-state index contributed by atoms with van der Waals surface area (Å²) in [6.45, 7) is 3.78. The molecule has 174 valence electrons. The van der Waals surface area contributed by atoms with Gasteiger partial charge in [0, 0.05) is 13.1 Å². The van der Waals surface area contributed by atoms with Gasteiger partial charge in [-0.05, 0) is 36.6 Å². The molecule has 32 heavy (non-hydrogen) atoms. The average Bonchev–Trinajstić information content (AvgIpc) is 2.75. The number of hydrogen-bond acceptors (Lipinski definition) is 4. The van der Waals surface area contributed by atoms with Crippen molar-refractivity contribution in [3.8, 4) is 0 Å². The monoisotopic (exact) mass is 463 g/mol. The summed E-state index contributed by atoms with van der Waals surface area (Å²) in [5.74, 6) is -1.47. The first-order valence-electron chi connectivity index (χ1n) is 10.5. The summed E-state index contributed by atoms with van der Waals surface area (Å²) >= 11 is 0. The maximum absolute atomic E-state index is 13.7. The van der Waals surface area contributed by atoms with Crippen LogP contribution in [-0.4, -0.2) is 50.5 Å². The Hall–Kier alpha value is -2.94. The smallest absolute Gasteiger partial charge is 0.244 e. The molecule has 0 saturated heterocycles. The minimum atomic E-state index is -3.88. The van der Waals surface area contributed by atoms with E-state index in [0.717, 1.165) is 28.6 Å². The average molecular weight is 464 g/mol. The molecule has 2 aromatic rings. The lowest BCUT2D eigenvalue weighted by atomic mass is 10.1. The Labute approximate surface area is 189 Å². The molecule has 1 N–H and O–H groups in total. The van der Waals surface area contributed by atoms with Crippen molar-refractivity contribution in [2.45, 2.75) is 39.3 Å². The van der Waals surface area contributed by atoms with Crippen molar-refractivity contribution in [3.63, 3.8) is 0 Å². The minimum Gasteiger partial charge on any atom is -0.354 e. The summed E-state index contributed by atoms with van der Waals surface area (Å²) in [4.78, 5) is 27.6. The van der Waals surface area contributed by atoms with Crippen LogP contribution >= 0.6 is 0 Å².